The van der Waals surface area contributed by atoms with Crippen molar-refractivity contribution in [1.82, 2.24) is 5.32 Å². The van der Waals surface area contributed by atoms with E-state index in [0.717, 1.165) is 23.9 Å². The summed E-state index contributed by atoms with van der Waals surface area (Å²) in [7, 11) is 0. The molecule has 1 aromatic rings. The van der Waals surface area contributed by atoms with Crippen LogP contribution in [0.1, 0.15) is 24.6 Å². The van der Waals surface area contributed by atoms with Crippen molar-refractivity contribution >= 4 is 27.3 Å². The van der Waals surface area contributed by atoms with Crippen molar-refractivity contribution < 1.29 is 5.11 Å². The summed E-state index contributed by atoms with van der Waals surface area (Å²) in [4.78, 5) is 1.34. The standard InChI is InChI=1S/C10H16BrNOS/c1-8(3-2-4-13)12-6-10-5-9(11)7-14-10/h5,7-8,12-13H,2-4,6H2,1H3. The number of aliphatic hydroxyl groups is 1. The highest BCUT2D eigenvalue weighted by molar-refractivity contribution is 9.10. The van der Waals surface area contributed by atoms with Crippen LogP contribution in [0.5, 0.6) is 0 Å². The molecule has 1 heterocycles. The molecular formula is C10H16BrNOS. The number of hydrogen-bond donors (Lipinski definition) is 2. The van der Waals surface area contributed by atoms with Gasteiger partial charge in [-0.15, -0.1) is 11.3 Å². The number of halogens is 1. The first-order valence-electron chi connectivity index (χ1n) is 4.79. The Labute approximate surface area is 97.5 Å². The Balaban J connectivity index is 2.20. The molecule has 0 aromatic carbocycles. The number of aliphatic hydroxyl groups excluding tert-OH is 1. The van der Waals surface area contributed by atoms with Crippen LogP contribution >= 0.6 is 27.3 Å². The second-order valence-electron chi connectivity index (χ2n) is 3.38. The zero-order valence-electron chi connectivity index (χ0n) is 8.29. The fraction of sp³-hybridized carbons (Fsp3) is 0.600. The Bertz CT molecular complexity index is 264. The van der Waals surface area contributed by atoms with Gasteiger partial charge in [0.15, 0.2) is 0 Å². The van der Waals surface area contributed by atoms with E-state index >= 15 is 0 Å². The van der Waals surface area contributed by atoms with E-state index in [-0.39, 0.29) is 6.61 Å². The van der Waals surface area contributed by atoms with E-state index in [9.17, 15) is 0 Å². The third kappa shape index (κ3) is 4.55. The van der Waals surface area contributed by atoms with Crippen LogP contribution in [-0.2, 0) is 6.54 Å². The molecule has 0 aliphatic carbocycles. The molecule has 1 atom stereocenters. The number of thiophene rings is 1. The molecule has 2 nitrogen and oxygen atoms in total. The molecule has 0 radical (unpaired) electrons. The van der Waals surface area contributed by atoms with Gasteiger partial charge in [0.25, 0.3) is 0 Å². The molecule has 1 aromatic heterocycles. The highest BCUT2D eigenvalue weighted by atomic mass is 79.9. The van der Waals surface area contributed by atoms with Gasteiger partial charge in [-0.3, -0.25) is 0 Å². The average Bonchev–Trinajstić information content (AvgIpc) is 2.58. The van der Waals surface area contributed by atoms with Crippen molar-refractivity contribution in [3.63, 3.8) is 0 Å². The van der Waals surface area contributed by atoms with Gasteiger partial charge in [-0.1, -0.05) is 0 Å². The van der Waals surface area contributed by atoms with Gasteiger partial charge in [0.05, 0.1) is 0 Å². The number of hydrogen-bond acceptors (Lipinski definition) is 3. The van der Waals surface area contributed by atoms with Crippen molar-refractivity contribution in [3.05, 3.63) is 20.8 Å². The molecule has 1 unspecified atom stereocenters. The zero-order chi connectivity index (χ0) is 10.4. The second-order valence-corrected chi connectivity index (χ2v) is 5.29. The second kappa shape index (κ2) is 6.56. The molecule has 80 valence electrons. The molecule has 0 spiro atoms. The van der Waals surface area contributed by atoms with Gasteiger partial charge in [-0.05, 0) is 41.8 Å². The first-order chi connectivity index (χ1) is 6.72. The van der Waals surface area contributed by atoms with E-state index < -0.39 is 0 Å². The molecular weight excluding hydrogens is 262 g/mol. The maximum atomic E-state index is 8.67. The molecule has 0 bridgehead atoms. The fourth-order valence-electron chi connectivity index (χ4n) is 1.22. The van der Waals surface area contributed by atoms with E-state index in [1.807, 2.05) is 0 Å². The van der Waals surface area contributed by atoms with E-state index in [1.54, 1.807) is 11.3 Å². The van der Waals surface area contributed by atoms with E-state index in [0.29, 0.717) is 6.04 Å². The third-order valence-electron chi connectivity index (χ3n) is 2.04. The quantitative estimate of drug-likeness (QED) is 0.838. The maximum Gasteiger partial charge on any atom is 0.0431 e. The van der Waals surface area contributed by atoms with Crippen molar-refractivity contribution in [2.75, 3.05) is 6.61 Å². The van der Waals surface area contributed by atoms with Gasteiger partial charge >= 0.3 is 0 Å². The molecule has 0 amide bonds. The Morgan fingerprint density at radius 3 is 3.00 bits per heavy atom. The molecule has 0 fully saturated rings. The zero-order valence-corrected chi connectivity index (χ0v) is 10.7. The van der Waals surface area contributed by atoms with Gasteiger partial charge in [0.1, 0.15) is 0 Å². The predicted molar refractivity (Wildman–Crippen MR) is 64.6 cm³/mol. The third-order valence-corrected chi connectivity index (χ3v) is 3.74. The lowest BCUT2D eigenvalue weighted by Gasteiger charge is -2.11. The van der Waals surface area contributed by atoms with Crippen LogP contribution in [0.15, 0.2) is 15.9 Å². The lowest BCUT2D eigenvalue weighted by Crippen LogP contribution is -2.25. The molecule has 0 aliphatic heterocycles. The first kappa shape index (κ1) is 12.2. The van der Waals surface area contributed by atoms with Gasteiger partial charge < -0.3 is 10.4 Å². The minimum atomic E-state index is 0.288. The van der Waals surface area contributed by atoms with Crippen LogP contribution in [0.2, 0.25) is 0 Å². The maximum absolute atomic E-state index is 8.67. The fourth-order valence-corrected chi connectivity index (χ4v) is 2.62. The van der Waals surface area contributed by atoms with Crippen LogP contribution in [0.4, 0.5) is 0 Å². The summed E-state index contributed by atoms with van der Waals surface area (Å²) >= 11 is 5.19. The van der Waals surface area contributed by atoms with Crippen LogP contribution < -0.4 is 5.32 Å². The summed E-state index contributed by atoms with van der Waals surface area (Å²) in [5, 5.41) is 14.2. The summed E-state index contributed by atoms with van der Waals surface area (Å²) in [6.45, 7) is 3.36. The summed E-state index contributed by atoms with van der Waals surface area (Å²) in [5.74, 6) is 0. The monoisotopic (exact) mass is 277 g/mol. The molecule has 1 rings (SSSR count). The summed E-state index contributed by atoms with van der Waals surface area (Å²) in [6.07, 6.45) is 1.91. The van der Waals surface area contributed by atoms with Gasteiger partial charge in [-0.2, -0.15) is 0 Å². The Kier molecular flexibility index (Phi) is 5.70. The largest absolute Gasteiger partial charge is 0.396 e. The highest BCUT2D eigenvalue weighted by Crippen LogP contribution is 2.19. The van der Waals surface area contributed by atoms with Crippen LogP contribution in [0.25, 0.3) is 0 Å². The molecule has 4 heteroatoms. The highest BCUT2D eigenvalue weighted by Gasteiger charge is 2.02. The van der Waals surface area contributed by atoms with Crippen molar-refractivity contribution in [3.8, 4) is 0 Å². The first-order valence-corrected chi connectivity index (χ1v) is 6.47. The van der Waals surface area contributed by atoms with E-state index in [1.165, 1.54) is 4.88 Å². The predicted octanol–water partition coefficient (Wildman–Crippen LogP) is 2.76. The van der Waals surface area contributed by atoms with Crippen LogP contribution in [0.3, 0.4) is 0 Å². The summed E-state index contributed by atoms with van der Waals surface area (Å²) < 4.78 is 1.15. The van der Waals surface area contributed by atoms with Crippen LogP contribution in [-0.4, -0.2) is 17.8 Å². The Morgan fingerprint density at radius 1 is 1.64 bits per heavy atom. The van der Waals surface area contributed by atoms with Gasteiger partial charge in [0, 0.05) is 33.9 Å². The Hall–Kier alpha value is 0.1000. The lowest BCUT2D eigenvalue weighted by atomic mass is 10.2. The minimum Gasteiger partial charge on any atom is -0.396 e. The number of rotatable bonds is 6. The SMILES string of the molecule is CC(CCCO)NCc1cc(Br)cs1. The van der Waals surface area contributed by atoms with Crippen molar-refractivity contribution in [2.45, 2.75) is 32.4 Å². The smallest absolute Gasteiger partial charge is 0.0431 e. The molecule has 0 saturated carbocycles. The molecule has 2 N–H and O–H groups in total. The van der Waals surface area contributed by atoms with Gasteiger partial charge in [0.2, 0.25) is 0 Å². The lowest BCUT2D eigenvalue weighted by molar-refractivity contribution is 0.276. The Morgan fingerprint density at radius 2 is 2.43 bits per heavy atom. The van der Waals surface area contributed by atoms with E-state index in [4.69, 9.17) is 5.11 Å². The average molecular weight is 278 g/mol. The van der Waals surface area contributed by atoms with Crippen molar-refractivity contribution in [2.24, 2.45) is 0 Å². The minimum absolute atomic E-state index is 0.288. The molecule has 14 heavy (non-hydrogen) atoms. The number of nitrogens with one attached hydrogen (secondary N) is 1. The summed E-state index contributed by atoms with van der Waals surface area (Å²) in [5.41, 5.74) is 0. The molecule has 0 aliphatic rings. The summed E-state index contributed by atoms with van der Waals surface area (Å²) in [6, 6.07) is 2.61. The normalized spacial score (nSPS) is 13.1. The van der Waals surface area contributed by atoms with E-state index in [2.05, 4.69) is 39.6 Å². The topological polar surface area (TPSA) is 32.3 Å². The van der Waals surface area contributed by atoms with Crippen LogP contribution in [0, 0.1) is 0 Å². The van der Waals surface area contributed by atoms with Crippen molar-refractivity contribution in [1.29, 1.82) is 0 Å². The molecule has 0 saturated heterocycles. The van der Waals surface area contributed by atoms with Gasteiger partial charge in [-0.25, -0.2) is 0 Å².